The van der Waals surface area contributed by atoms with Crippen molar-refractivity contribution >= 4 is 11.7 Å². The molecule has 0 saturated heterocycles. The van der Waals surface area contributed by atoms with E-state index in [1.165, 1.54) is 13.3 Å². The zero-order valence-corrected chi connectivity index (χ0v) is 13.5. The lowest BCUT2D eigenvalue weighted by atomic mass is 9.50. The molecule has 1 aromatic heterocycles. The number of carbonyl (C=O) groups is 2. The Morgan fingerprint density at radius 1 is 1.17 bits per heavy atom. The van der Waals surface area contributed by atoms with Gasteiger partial charge >= 0.3 is 0 Å². The Bertz CT molecular complexity index is 671. The van der Waals surface area contributed by atoms with Gasteiger partial charge in [0, 0.05) is 18.0 Å². The van der Waals surface area contributed by atoms with E-state index in [1.54, 1.807) is 18.2 Å². The number of nitrogens with zero attached hydrogens (tertiary/aromatic N) is 1. The monoisotopic (exact) mass is 313 g/mol. The zero-order valence-electron chi connectivity index (χ0n) is 13.5. The molecule has 122 valence electrons. The van der Waals surface area contributed by atoms with E-state index in [9.17, 15) is 9.59 Å². The number of hydrogen-bond acceptors (Lipinski definition) is 4. The van der Waals surface area contributed by atoms with E-state index in [0.29, 0.717) is 23.2 Å². The highest BCUT2D eigenvalue weighted by atomic mass is 16.2. The van der Waals surface area contributed by atoms with Crippen LogP contribution in [0.3, 0.4) is 0 Å². The molecule has 23 heavy (non-hydrogen) atoms. The van der Waals surface area contributed by atoms with Crippen LogP contribution in [-0.2, 0) is 0 Å². The Hall–Kier alpha value is -1.75. The van der Waals surface area contributed by atoms with E-state index < -0.39 is 0 Å². The normalized spacial score (nSPS) is 37.7. The quantitative estimate of drug-likeness (QED) is 0.837. The lowest BCUT2D eigenvalue weighted by molar-refractivity contribution is -0.0321. The molecular formula is C18H23N3O2. The van der Waals surface area contributed by atoms with Gasteiger partial charge in [0.2, 0.25) is 0 Å². The van der Waals surface area contributed by atoms with Crippen molar-refractivity contribution in [3.05, 3.63) is 29.6 Å². The fraction of sp³-hybridized carbons (Fsp3) is 0.611. The molecule has 2 unspecified atom stereocenters. The topological polar surface area (TPSA) is 85.1 Å². The average Bonchev–Trinajstić information content (AvgIpc) is 2.44. The number of ketones is 1. The molecule has 5 nitrogen and oxygen atoms in total. The Balaban J connectivity index is 1.57. The second kappa shape index (κ2) is 4.87. The van der Waals surface area contributed by atoms with Gasteiger partial charge in [0.15, 0.2) is 5.78 Å². The van der Waals surface area contributed by atoms with Crippen LogP contribution in [0.5, 0.6) is 0 Å². The first-order valence-electron chi connectivity index (χ1n) is 8.46. The van der Waals surface area contributed by atoms with Gasteiger partial charge in [-0.1, -0.05) is 6.07 Å². The van der Waals surface area contributed by atoms with E-state index >= 15 is 0 Å². The average molecular weight is 313 g/mol. The van der Waals surface area contributed by atoms with Gasteiger partial charge in [0.05, 0.1) is 0 Å². The molecule has 0 spiro atoms. The highest BCUT2D eigenvalue weighted by Crippen LogP contribution is 2.56. The van der Waals surface area contributed by atoms with Crippen LogP contribution in [0, 0.1) is 11.8 Å². The van der Waals surface area contributed by atoms with Gasteiger partial charge in [-0.3, -0.25) is 9.59 Å². The second-order valence-corrected chi connectivity index (χ2v) is 8.02. The number of Topliss-reactive ketones (excluding diaryl/α,β-unsaturated/α-hetero) is 1. The van der Waals surface area contributed by atoms with E-state index in [2.05, 4.69) is 10.3 Å². The Labute approximate surface area is 136 Å². The first kappa shape index (κ1) is 14.8. The van der Waals surface area contributed by atoms with E-state index in [0.717, 1.165) is 32.1 Å². The van der Waals surface area contributed by atoms with Crippen LogP contribution in [0.2, 0.25) is 0 Å². The van der Waals surface area contributed by atoms with Crippen LogP contribution >= 0.6 is 0 Å². The summed E-state index contributed by atoms with van der Waals surface area (Å²) in [4.78, 5) is 28.3. The largest absolute Gasteiger partial charge is 0.345 e. The van der Waals surface area contributed by atoms with Crippen molar-refractivity contribution in [1.82, 2.24) is 10.3 Å². The Morgan fingerprint density at radius 2 is 1.83 bits per heavy atom. The first-order chi connectivity index (χ1) is 10.9. The summed E-state index contributed by atoms with van der Waals surface area (Å²) in [5, 5.41) is 3.24. The first-order valence-corrected chi connectivity index (χ1v) is 8.46. The molecular weight excluding hydrogens is 290 g/mol. The van der Waals surface area contributed by atoms with Crippen LogP contribution in [0.25, 0.3) is 0 Å². The van der Waals surface area contributed by atoms with Crippen LogP contribution in [0.4, 0.5) is 0 Å². The predicted molar refractivity (Wildman–Crippen MR) is 86.0 cm³/mol. The predicted octanol–water partition coefficient (Wildman–Crippen LogP) is 2.06. The fourth-order valence-electron chi connectivity index (χ4n) is 5.54. The Kier molecular flexibility index (Phi) is 3.14. The van der Waals surface area contributed by atoms with Crippen molar-refractivity contribution in [2.24, 2.45) is 17.6 Å². The summed E-state index contributed by atoms with van der Waals surface area (Å²) in [7, 11) is 0. The third-order valence-electron chi connectivity index (χ3n) is 5.83. The van der Waals surface area contributed by atoms with E-state index in [1.807, 2.05) is 0 Å². The van der Waals surface area contributed by atoms with Crippen molar-refractivity contribution < 1.29 is 9.59 Å². The molecule has 1 heterocycles. The van der Waals surface area contributed by atoms with Crippen LogP contribution in [0.1, 0.15) is 66.4 Å². The highest BCUT2D eigenvalue weighted by Gasteiger charge is 2.56. The summed E-state index contributed by atoms with van der Waals surface area (Å²) < 4.78 is 0. The van der Waals surface area contributed by atoms with Crippen LogP contribution in [-0.4, -0.2) is 27.8 Å². The van der Waals surface area contributed by atoms with Crippen molar-refractivity contribution in [3.8, 4) is 0 Å². The van der Waals surface area contributed by atoms with Crippen molar-refractivity contribution in [2.75, 3.05) is 0 Å². The Morgan fingerprint density at radius 3 is 2.43 bits per heavy atom. The van der Waals surface area contributed by atoms with Gasteiger partial charge in [0.1, 0.15) is 11.4 Å². The fourth-order valence-corrected chi connectivity index (χ4v) is 5.54. The number of aromatic nitrogens is 1. The maximum absolute atomic E-state index is 12.7. The number of amides is 1. The standard InChI is InChI=1S/C18H23N3O2/c1-11(22)14-3-2-4-15(20-14)16(23)21-18-8-12-5-13(9-18)7-17(19,6-12)10-18/h2-4,12-13H,5-10,19H2,1H3,(H,21,23). The highest BCUT2D eigenvalue weighted by molar-refractivity contribution is 5.96. The smallest absolute Gasteiger partial charge is 0.270 e. The zero-order chi connectivity index (χ0) is 16.2. The van der Waals surface area contributed by atoms with Gasteiger partial charge < -0.3 is 11.1 Å². The molecule has 0 aliphatic heterocycles. The third kappa shape index (κ3) is 2.57. The summed E-state index contributed by atoms with van der Waals surface area (Å²) >= 11 is 0. The molecule has 1 aromatic rings. The number of nitrogens with one attached hydrogen (secondary N) is 1. The number of pyridine rings is 1. The van der Waals surface area contributed by atoms with Crippen molar-refractivity contribution in [2.45, 2.75) is 56.5 Å². The molecule has 4 saturated carbocycles. The van der Waals surface area contributed by atoms with Crippen LogP contribution in [0.15, 0.2) is 18.2 Å². The molecule has 4 fully saturated rings. The molecule has 1 amide bonds. The summed E-state index contributed by atoms with van der Waals surface area (Å²) in [6, 6.07) is 5.02. The number of carbonyl (C=O) groups excluding carboxylic acids is 2. The molecule has 4 bridgehead atoms. The number of nitrogens with two attached hydrogens (primary N) is 1. The summed E-state index contributed by atoms with van der Waals surface area (Å²) in [5.74, 6) is 0.963. The molecule has 4 aliphatic rings. The molecule has 3 N–H and O–H groups in total. The minimum Gasteiger partial charge on any atom is -0.345 e. The maximum atomic E-state index is 12.7. The minimum absolute atomic E-state index is 0.105. The third-order valence-corrected chi connectivity index (χ3v) is 5.83. The molecule has 2 atom stereocenters. The van der Waals surface area contributed by atoms with Gasteiger partial charge in [-0.15, -0.1) is 0 Å². The van der Waals surface area contributed by atoms with Gasteiger partial charge in [-0.25, -0.2) is 4.98 Å². The SMILES string of the molecule is CC(=O)c1cccc(C(=O)NC23CC4CC(CC(N)(C4)C2)C3)n1. The molecule has 0 radical (unpaired) electrons. The molecule has 5 rings (SSSR count). The van der Waals surface area contributed by atoms with Crippen LogP contribution < -0.4 is 11.1 Å². The summed E-state index contributed by atoms with van der Waals surface area (Å²) in [6.07, 6.45) is 6.37. The summed E-state index contributed by atoms with van der Waals surface area (Å²) in [5.41, 5.74) is 6.94. The molecule has 4 aliphatic carbocycles. The number of hydrogen-bond donors (Lipinski definition) is 2. The molecule has 0 aromatic carbocycles. The molecule has 5 heteroatoms. The van der Waals surface area contributed by atoms with Gasteiger partial charge in [-0.2, -0.15) is 0 Å². The van der Waals surface area contributed by atoms with E-state index in [-0.39, 0.29) is 22.8 Å². The van der Waals surface area contributed by atoms with E-state index in [4.69, 9.17) is 5.73 Å². The van der Waals surface area contributed by atoms with Gasteiger partial charge in [0.25, 0.3) is 5.91 Å². The summed E-state index contributed by atoms with van der Waals surface area (Å²) in [6.45, 7) is 1.46. The van der Waals surface area contributed by atoms with Gasteiger partial charge in [-0.05, 0) is 62.5 Å². The lowest BCUT2D eigenvalue weighted by Gasteiger charge is -2.61. The lowest BCUT2D eigenvalue weighted by Crippen LogP contribution is -2.68. The maximum Gasteiger partial charge on any atom is 0.270 e. The second-order valence-electron chi connectivity index (χ2n) is 8.02. The van der Waals surface area contributed by atoms with Crippen molar-refractivity contribution in [1.29, 1.82) is 0 Å². The number of rotatable bonds is 3. The van der Waals surface area contributed by atoms with Crippen molar-refractivity contribution in [3.63, 3.8) is 0 Å². The minimum atomic E-state index is -0.182.